The second-order valence-corrected chi connectivity index (χ2v) is 4.34. The van der Waals surface area contributed by atoms with Crippen LogP contribution in [0.5, 0.6) is 0 Å². The molecule has 3 nitrogen and oxygen atoms in total. The molecule has 0 aliphatic carbocycles. The Kier molecular flexibility index (Phi) is 2.97. The minimum absolute atomic E-state index is 0.0844. The van der Waals surface area contributed by atoms with Crippen molar-refractivity contribution in [2.24, 2.45) is 5.73 Å². The van der Waals surface area contributed by atoms with Gasteiger partial charge in [0, 0.05) is 11.7 Å². The molecule has 16 heavy (non-hydrogen) atoms. The first-order valence-corrected chi connectivity index (χ1v) is 5.85. The fourth-order valence-corrected chi connectivity index (χ4v) is 2.28. The maximum atomic E-state index is 6.22. The molecule has 0 fully saturated rings. The van der Waals surface area contributed by atoms with E-state index in [1.54, 1.807) is 0 Å². The molecule has 0 radical (unpaired) electrons. The van der Waals surface area contributed by atoms with Crippen molar-refractivity contribution >= 4 is 5.65 Å². The number of nitrogens with two attached hydrogens (primary N) is 1. The second kappa shape index (κ2) is 4.26. The van der Waals surface area contributed by atoms with E-state index in [9.17, 15) is 0 Å². The molecule has 0 aromatic carbocycles. The van der Waals surface area contributed by atoms with Crippen molar-refractivity contribution < 1.29 is 0 Å². The number of imidazole rings is 1. The predicted molar refractivity (Wildman–Crippen MR) is 66.5 cm³/mol. The highest BCUT2D eigenvalue weighted by atomic mass is 15.0. The zero-order valence-corrected chi connectivity index (χ0v) is 10.2. The Bertz CT molecular complexity index is 499. The van der Waals surface area contributed by atoms with E-state index in [-0.39, 0.29) is 6.04 Å². The van der Waals surface area contributed by atoms with Crippen LogP contribution >= 0.6 is 0 Å². The highest BCUT2D eigenvalue weighted by Gasteiger charge is 2.15. The largest absolute Gasteiger partial charge is 0.323 e. The van der Waals surface area contributed by atoms with Crippen LogP contribution in [0.25, 0.3) is 5.65 Å². The van der Waals surface area contributed by atoms with Crippen molar-refractivity contribution in [3.05, 3.63) is 35.3 Å². The van der Waals surface area contributed by atoms with Gasteiger partial charge in [-0.05, 0) is 32.4 Å². The van der Waals surface area contributed by atoms with E-state index < -0.39 is 0 Å². The number of hydrogen-bond donors (Lipinski definition) is 1. The summed E-state index contributed by atoms with van der Waals surface area (Å²) in [7, 11) is 0. The molecule has 0 aliphatic rings. The van der Waals surface area contributed by atoms with Gasteiger partial charge in [0.05, 0.1) is 11.4 Å². The quantitative estimate of drug-likeness (QED) is 0.859. The van der Waals surface area contributed by atoms with E-state index >= 15 is 0 Å². The Balaban J connectivity index is 2.63. The van der Waals surface area contributed by atoms with Crippen molar-refractivity contribution in [2.75, 3.05) is 0 Å². The molecule has 0 aliphatic heterocycles. The van der Waals surface area contributed by atoms with E-state index in [0.29, 0.717) is 0 Å². The normalized spacial score (nSPS) is 13.2. The Morgan fingerprint density at radius 2 is 2.12 bits per heavy atom. The van der Waals surface area contributed by atoms with Crippen LogP contribution in [0.1, 0.15) is 42.9 Å². The van der Waals surface area contributed by atoms with Crippen molar-refractivity contribution in [3.63, 3.8) is 0 Å². The van der Waals surface area contributed by atoms with Gasteiger partial charge >= 0.3 is 0 Å². The summed E-state index contributed by atoms with van der Waals surface area (Å²) in [6.45, 7) is 6.29. The Morgan fingerprint density at radius 3 is 2.81 bits per heavy atom. The lowest BCUT2D eigenvalue weighted by atomic mass is 10.1. The molecular weight excluding hydrogens is 198 g/mol. The van der Waals surface area contributed by atoms with Crippen LogP contribution in [0.15, 0.2) is 18.2 Å². The first kappa shape index (κ1) is 11.1. The lowest BCUT2D eigenvalue weighted by Crippen LogP contribution is -2.14. The zero-order chi connectivity index (χ0) is 11.7. The number of hydrogen-bond acceptors (Lipinski definition) is 2. The molecule has 1 atom stereocenters. The predicted octanol–water partition coefficient (Wildman–Crippen LogP) is 2.75. The minimum atomic E-state index is 0.0844. The van der Waals surface area contributed by atoms with Crippen LogP contribution < -0.4 is 5.73 Å². The maximum Gasteiger partial charge on any atom is 0.137 e. The van der Waals surface area contributed by atoms with Gasteiger partial charge in [0.2, 0.25) is 0 Å². The molecule has 0 saturated carbocycles. The average Bonchev–Trinajstić information content (AvgIpc) is 2.56. The number of aromatic nitrogens is 2. The third-order valence-corrected chi connectivity index (χ3v) is 3.01. The molecule has 2 heterocycles. The summed E-state index contributed by atoms with van der Waals surface area (Å²) in [6.07, 6.45) is 2.10. The van der Waals surface area contributed by atoms with Crippen molar-refractivity contribution in [1.29, 1.82) is 0 Å². The number of fused-ring (bicyclic) bond motifs is 1. The molecular formula is C13H19N3. The highest BCUT2D eigenvalue weighted by Crippen LogP contribution is 2.22. The van der Waals surface area contributed by atoms with Gasteiger partial charge in [0.1, 0.15) is 5.65 Å². The summed E-state index contributed by atoms with van der Waals surface area (Å²) in [5.41, 5.74) is 10.6. The summed E-state index contributed by atoms with van der Waals surface area (Å²) < 4.78 is 2.18. The van der Waals surface area contributed by atoms with Crippen LogP contribution in [0.4, 0.5) is 0 Å². The fraction of sp³-hybridized carbons (Fsp3) is 0.462. The van der Waals surface area contributed by atoms with Crippen molar-refractivity contribution in [2.45, 2.75) is 39.7 Å². The van der Waals surface area contributed by atoms with Gasteiger partial charge in [-0.3, -0.25) is 4.40 Å². The molecule has 2 rings (SSSR count). The van der Waals surface area contributed by atoms with Crippen LogP contribution in [0, 0.1) is 13.8 Å². The highest BCUT2D eigenvalue weighted by molar-refractivity contribution is 5.45. The summed E-state index contributed by atoms with van der Waals surface area (Å²) in [5, 5.41) is 0. The van der Waals surface area contributed by atoms with Crippen LogP contribution in [0.2, 0.25) is 0 Å². The van der Waals surface area contributed by atoms with E-state index in [1.165, 1.54) is 5.69 Å². The average molecular weight is 217 g/mol. The van der Waals surface area contributed by atoms with Gasteiger partial charge in [0.15, 0.2) is 0 Å². The van der Waals surface area contributed by atoms with Crippen molar-refractivity contribution in [3.8, 4) is 0 Å². The number of nitrogens with zero attached hydrogens (tertiary/aromatic N) is 2. The van der Waals surface area contributed by atoms with Gasteiger partial charge < -0.3 is 5.73 Å². The van der Waals surface area contributed by atoms with Gasteiger partial charge in [-0.15, -0.1) is 0 Å². The summed E-state index contributed by atoms with van der Waals surface area (Å²) in [6, 6.07) is 6.24. The molecule has 3 heteroatoms. The zero-order valence-electron chi connectivity index (χ0n) is 10.2. The Labute approximate surface area is 96.3 Å². The SMILES string of the molecule is CCCC(N)c1c(C)nc2cccc(C)n12. The molecule has 0 amide bonds. The molecule has 2 aromatic rings. The third-order valence-electron chi connectivity index (χ3n) is 3.01. The number of rotatable bonds is 3. The smallest absolute Gasteiger partial charge is 0.137 e. The third kappa shape index (κ3) is 1.71. The lowest BCUT2D eigenvalue weighted by Gasteiger charge is -2.13. The van der Waals surface area contributed by atoms with E-state index in [1.807, 2.05) is 19.1 Å². The first-order valence-electron chi connectivity index (χ1n) is 5.85. The molecule has 0 spiro atoms. The minimum Gasteiger partial charge on any atom is -0.323 e. The second-order valence-electron chi connectivity index (χ2n) is 4.34. The molecule has 2 N–H and O–H groups in total. The fourth-order valence-electron chi connectivity index (χ4n) is 2.28. The molecule has 86 valence electrons. The maximum absolute atomic E-state index is 6.22. The van der Waals surface area contributed by atoms with Gasteiger partial charge in [-0.1, -0.05) is 19.4 Å². The van der Waals surface area contributed by atoms with Crippen LogP contribution in [-0.4, -0.2) is 9.38 Å². The lowest BCUT2D eigenvalue weighted by molar-refractivity contribution is 0.611. The van der Waals surface area contributed by atoms with E-state index in [4.69, 9.17) is 5.73 Å². The van der Waals surface area contributed by atoms with E-state index in [2.05, 4.69) is 29.3 Å². The monoisotopic (exact) mass is 217 g/mol. The van der Waals surface area contributed by atoms with Gasteiger partial charge in [-0.2, -0.15) is 0 Å². The molecule has 1 unspecified atom stereocenters. The molecule has 0 bridgehead atoms. The summed E-state index contributed by atoms with van der Waals surface area (Å²) >= 11 is 0. The summed E-state index contributed by atoms with van der Waals surface area (Å²) in [5.74, 6) is 0. The Morgan fingerprint density at radius 1 is 1.38 bits per heavy atom. The van der Waals surface area contributed by atoms with Crippen LogP contribution in [-0.2, 0) is 0 Å². The van der Waals surface area contributed by atoms with Crippen molar-refractivity contribution in [1.82, 2.24) is 9.38 Å². The van der Waals surface area contributed by atoms with E-state index in [0.717, 1.165) is 29.9 Å². The standard InChI is InChI=1S/C13H19N3/c1-4-6-11(14)13-10(3)15-12-8-5-7-9(2)16(12)13/h5,7-8,11H,4,6,14H2,1-3H3. The van der Waals surface area contributed by atoms with Gasteiger partial charge in [0.25, 0.3) is 0 Å². The Hall–Kier alpha value is -1.35. The topological polar surface area (TPSA) is 43.3 Å². The van der Waals surface area contributed by atoms with Crippen LogP contribution in [0.3, 0.4) is 0 Å². The summed E-state index contributed by atoms with van der Waals surface area (Å²) in [4.78, 5) is 4.56. The number of pyridine rings is 1. The first-order chi connectivity index (χ1) is 7.65. The van der Waals surface area contributed by atoms with Gasteiger partial charge in [-0.25, -0.2) is 4.98 Å². The number of aryl methyl sites for hydroxylation is 2. The molecule has 0 saturated heterocycles. The molecule has 2 aromatic heterocycles.